The first kappa shape index (κ1) is 12.6. The maximum atomic E-state index is 11.2. The van der Waals surface area contributed by atoms with Gasteiger partial charge in [-0.25, -0.2) is 4.79 Å². The van der Waals surface area contributed by atoms with Crippen LogP contribution in [0.1, 0.15) is 23.0 Å². The average molecular weight is 244 g/mol. The predicted octanol–water partition coefficient (Wildman–Crippen LogP) is 1.77. The normalized spacial score (nSPS) is 12.1. The minimum Gasteiger partial charge on any atom is -0.480 e. The number of aliphatic carboxylic acids is 1. The lowest BCUT2D eigenvalue weighted by Crippen LogP contribution is -2.12. The van der Waals surface area contributed by atoms with Crippen LogP contribution in [0.3, 0.4) is 0 Å². The Hall–Kier alpha value is -1.43. The number of carboxylic acid groups (broad SMARTS) is 1. The zero-order chi connectivity index (χ0) is 12.1. The van der Waals surface area contributed by atoms with Crippen molar-refractivity contribution in [3.63, 3.8) is 0 Å². The highest BCUT2D eigenvalue weighted by atomic mass is 32.2. The van der Waals surface area contributed by atoms with Gasteiger partial charge in [-0.15, -0.1) is 11.8 Å². The van der Waals surface area contributed by atoms with Gasteiger partial charge >= 0.3 is 11.9 Å². The highest BCUT2D eigenvalue weighted by Crippen LogP contribution is 2.22. The zero-order valence-corrected chi connectivity index (χ0v) is 9.74. The van der Waals surface area contributed by atoms with E-state index in [0.29, 0.717) is 11.3 Å². The van der Waals surface area contributed by atoms with Crippen molar-refractivity contribution >= 4 is 23.7 Å². The second-order valence-corrected chi connectivity index (χ2v) is 4.39. The van der Waals surface area contributed by atoms with E-state index in [1.807, 2.05) is 0 Å². The standard InChI is InChI=1S/C10H12O5S/c1-6(9(11)12)16-5-7-3-4-15-8(7)10(13)14-2/h3-4,6H,5H2,1-2H3,(H,11,12). The van der Waals surface area contributed by atoms with Gasteiger partial charge in [-0.2, -0.15) is 0 Å². The molecule has 1 rings (SSSR count). The third kappa shape index (κ3) is 3.03. The van der Waals surface area contributed by atoms with Gasteiger partial charge in [0.05, 0.1) is 18.6 Å². The van der Waals surface area contributed by atoms with Crippen LogP contribution in [0.4, 0.5) is 0 Å². The van der Waals surface area contributed by atoms with E-state index in [-0.39, 0.29) is 5.76 Å². The second-order valence-electron chi connectivity index (χ2n) is 3.06. The fourth-order valence-corrected chi connectivity index (χ4v) is 1.81. The van der Waals surface area contributed by atoms with Crippen LogP contribution >= 0.6 is 11.8 Å². The van der Waals surface area contributed by atoms with E-state index in [4.69, 9.17) is 9.52 Å². The van der Waals surface area contributed by atoms with Gasteiger partial charge in [0.15, 0.2) is 0 Å². The van der Waals surface area contributed by atoms with E-state index >= 15 is 0 Å². The molecule has 1 unspecified atom stereocenters. The zero-order valence-electron chi connectivity index (χ0n) is 8.93. The largest absolute Gasteiger partial charge is 0.480 e. The molecule has 1 aromatic heterocycles. The average Bonchev–Trinajstić information content (AvgIpc) is 2.72. The van der Waals surface area contributed by atoms with E-state index in [0.717, 1.165) is 0 Å². The molecule has 5 nitrogen and oxygen atoms in total. The quantitative estimate of drug-likeness (QED) is 0.795. The maximum Gasteiger partial charge on any atom is 0.374 e. The molecule has 0 aromatic carbocycles. The Morgan fingerprint density at radius 2 is 2.31 bits per heavy atom. The van der Waals surface area contributed by atoms with Crippen LogP contribution in [-0.4, -0.2) is 29.4 Å². The van der Waals surface area contributed by atoms with Gasteiger partial charge < -0.3 is 14.3 Å². The van der Waals surface area contributed by atoms with E-state index in [2.05, 4.69) is 4.74 Å². The molecule has 1 heterocycles. The molecule has 1 atom stereocenters. The number of esters is 1. The lowest BCUT2D eigenvalue weighted by atomic mass is 10.3. The summed E-state index contributed by atoms with van der Waals surface area (Å²) in [5.74, 6) is -0.904. The molecule has 0 aliphatic heterocycles. The summed E-state index contributed by atoms with van der Waals surface area (Å²) in [6.45, 7) is 1.59. The molecule has 0 radical (unpaired) electrons. The highest BCUT2D eigenvalue weighted by molar-refractivity contribution is 7.99. The van der Waals surface area contributed by atoms with Crippen molar-refractivity contribution in [2.24, 2.45) is 0 Å². The van der Waals surface area contributed by atoms with Crippen molar-refractivity contribution in [1.82, 2.24) is 0 Å². The molecule has 0 saturated heterocycles. The Balaban J connectivity index is 2.64. The van der Waals surface area contributed by atoms with Crippen molar-refractivity contribution in [3.05, 3.63) is 23.7 Å². The summed E-state index contributed by atoms with van der Waals surface area (Å²) >= 11 is 1.22. The number of methoxy groups -OCH3 is 1. The molecule has 0 aliphatic carbocycles. The summed E-state index contributed by atoms with van der Waals surface area (Å²) in [6, 6.07) is 1.63. The predicted molar refractivity (Wildman–Crippen MR) is 58.4 cm³/mol. The summed E-state index contributed by atoms with van der Waals surface area (Å²) < 4.78 is 9.51. The number of ether oxygens (including phenoxy) is 1. The van der Waals surface area contributed by atoms with Gasteiger partial charge in [0.2, 0.25) is 5.76 Å². The first-order chi connectivity index (χ1) is 7.56. The Morgan fingerprint density at radius 3 is 2.88 bits per heavy atom. The smallest absolute Gasteiger partial charge is 0.374 e. The molecule has 6 heteroatoms. The second kappa shape index (κ2) is 5.60. The third-order valence-corrected chi connectivity index (χ3v) is 3.13. The molecule has 0 aliphatic rings. The number of carbonyl (C=O) groups is 2. The molecule has 0 spiro atoms. The van der Waals surface area contributed by atoms with Gasteiger partial charge in [0.25, 0.3) is 0 Å². The van der Waals surface area contributed by atoms with Crippen molar-refractivity contribution in [1.29, 1.82) is 0 Å². The molecule has 88 valence electrons. The first-order valence-corrected chi connectivity index (χ1v) is 5.60. The molecule has 16 heavy (non-hydrogen) atoms. The number of rotatable bonds is 5. The summed E-state index contributed by atoms with van der Waals surface area (Å²) in [4.78, 5) is 21.8. The van der Waals surface area contributed by atoms with Crippen LogP contribution in [0.2, 0.25) is 0 Å². The monoisotopic (exact) mass is 244 g/mol. The topological polar surface area (TPSA) is 76.7 Å². The van der Waals surface area contributed by atoms with E-state index < -0.39 is 17.2 Å². The third-order valence-electron chi connectivity index (χ3n) is 1.95. The number of thioether (sulfide) groups is 1. The van der Waals surface area contributed by atoms with Crippen molar-refractivity contribution < 1.29 is 23.8 Å². The number of carboxylic acids is 1. The van der Waals surface area contributed by atoms with Crippen LogP contribution in [0.5, 0.6) is 0 Å². The molecule has 1 N–H and O–H groups in total. The van der Waals surface area contributed by atoms with Crippen LogP contribution < -0.4 is 0 Å². The van der Waals surface area contributed by atoms with Crippen LogP contribution in [-0.2, 0) is 15.3 Å². The van der Waals surface area contributed by atoms with Crippen molar-refractivity contribution in [3.8, 4) is 0 Å². The summed E-state index contributed by atoms with van der Waals surface area (Å²) in [7, 11) is 1.27. The SMILES string of the molecule is COC(=O)c1occc1CSC(C)C(=O)O. The van der Waals surface area contributed by atoms with Gasteiger partial charge in [-0.05, 0) is 13.0 Å². The van der Waals surface area contributed by atoms with Crippen LogP contribution in [0, 0.1) is 0 Å². The fourth-order valence-electron chi connectivity index (χ4n) is 1.01. The fraction of sp³-hybridized carbons (Fsp3) is 0.400. The lowest BCUT2D eigenvalue weighted by molar-refractivity contribution is -0.136. The maximum absolute atomic E-state index is 11.2. The van der Waals surface area contributed by atoms with E-state index in [9.17, 15) is 9.59 Å². The van der Waals surface area contributed by atoms with E-state index in [1.165, 1.54) is 25.1 Å². The van der Waals surface area contributed by atoms with Crippen LogP contribution in [0.15, 0.2) is 16.7 Å². The molecule has 0 bridgehead atoms. The molecule has 0 fully saturated rings. The van der Waals surface area contributed by atoms with Gasteiger partial charge in [-0.3, -0.25) is 4.79 Å². The number of hydrogen-bond acceptors (Lipinski definition) is 5. The molecule has 0 saturated carbocycles. The van der Waals surface area contributed by atoms with E-state index in [1.54, 1.807) is 13.0 Å². The van der Waals surface area contributed by atoms with Gasteiger partial charge in [-0.1, -0.05) is 0 Å². The van der Waals surface area contributed by atoms with Crippen LogP contribution in [0.25, 0.3) is 0 Å². The van der Waals surface area contributed by atoms with Crippen molar-refractivity contribution in [2.75, 3.05) is 7.11 Å². The lowest BCUT2D eigenvalue weighted by Gasteiger charge is -2.05. The minimum absolute atomic E-state index is 0.132. The Labute approximate surface area is 96.8 Å². The summed E-state index contributed by atoms with van der Waals surface area (Å²) in [6.07, 6.45) is 1.38. The van der Waals surface area contributed by atoms with Crippen molar-refractivity contribution in [2.45, 2.75) is 17.9 Å². The molecular weight excluding hydrogens is 232 g/mol. The molecule has 1 aromatic rings. The highest BCUT2D eigenvalue weighted by Gasteiger charge is 2.18. The number of hydrogen-bond donors (Lipinski definition) is 1. The number of furan rings is 1. The number of carbonyl (C=O) groups excluding carboxylic acids is 1. The van der Waals surface area contributed by atoms with Gasteiger partial charge in [0, 0.05) is 11.3 Å². The Bertz CT molecular complexity index is 384. The van der Waals surface area contributed by atoms with Gasteiger partial charge in [0.1, 0.15) is 0 Å². The summed E-state index contributed by atoms with van der Waals surface area (Å²) in [5.41, 5.74) is 0.643. The molecular formula is C10H12O5S. The summed E-state index contributed by atoms with van der Waals surface area (Å²) in [5, 5.41) is 8.17. The molecule has 0 amide bonds. The Kier molecular flexibility index (Phi) is 4.42. The Morgan fingerprint density at radius 1 is 1.62 bits per heavy atom. The first-order valence-electron chi connectivity index (χ1n) is 4.55. The minimum atomic E-state index is -0.881.